The quantitative estimate of drug-likeness (QED) is 0.847. The van der Waals surface area contributed by atoms with Crippen LogP contribution in [-0.4, -0.2) is 20.1 Å². The van der Waals surface area contributed by atoms with Crippen LogP contribution in [0.1, 0.15) is 11.1 Å². The summed E-state index contributed by atoms with van der Waals surface area (Å²) in [5.41, 5.74) is 1.69. The molecule has 0 aliphatic heterocycles. The van der Waals surface area contributed by atoms with Gasteiger partial charge in [0.1, 0.15) is 4.90 Å². The van der Waals surface area contributed by atoms with Gasteiger partial charge >= 0.3 is 0 Å². The van der Waals surface area contributed by atoms with E-state index in [4.69, 9.17) is 16.7 Å². The highest BCUT2D eigenvalue weighted by Crippen LogP contribution is 2.21. The highest BCUT2D eigenvalue weighted by atomic mass is 35.5. The molecule has 2 aromatic rings. The Labute approximate surface area is 133 Å². The van der Waals surface area contributed by atoms with Gasteiger partial charge in [-0.3, -0.25) is 0 Å². The predicted octanol–water partition coefficient (Wildman–Crippen LogP) is 2.49. The fraction of sp³-hybridized carbons (Fsp3) is 0.200. The van der Waals surface area contributed by atoms with Gasteiger partial charge in [0.25, 0.3) is 0 Å². The molecule has 0 unspecified atom stereocenters. The average molecular weight is 344 g/mol. The minimum Gasteiger partial charge on any atom is -0.392 e. The van der Waals surface area contributed by atoms with Crippen LogP contribution in [-0.2, 0) is 23.1 Å². The lowest BCUT2D eigenvalue weighted by molar-refractivity contribution is 0.282. The van der Waals surface area contributed by atoms with Gasteiger partial charge in [-0.05, 0) is 29.7 Å². The molecule has 0 fully saturated rings. The third-order valence-corrected chi connectivity index (χ3v) is 4.89. The maximum atomic E-state index is 13.8. The Bertz CT molecular complexity index is 748. The van der Waals surface area contributed by atoms with E-state index in [0.29, 0.717) is 6.42 Å². The molecular weight excluding hydrogens is 329 g/mol. The van der Waals surface area contributed by atoms with Crippen LogP contribution in [0.25, 0.3) is 0 Å². The van der Waals surface area contributed by atoms with E-state index < -0.39 is 20.7 Å². The number of rotatable bonds is 6. The monoisotopic (exact) mass is 343 g/mol. The molecule has 118 valence electrons. The summed E-state index contributed by atoms with van der Waals surface area (Å²) in [5.74, 6) is -0.955. The van der Waals surface area contributed by atoms with Crippen molar-refractivity contribution in [1.29, 1.82) is 0 Å². The first-order chi connectivity index (χ1) is 10.4. The normalized spacial score (nSPS) is 11.6. The molecule has 7 heteroatoms. The molecule has 22 heavy (non-hydrogen) atoms. The third kappa shape index (κ3) is 4.04. The van der Waals surface area contributed by atoms with Crippen molar-refractivity contribution in [2.24, 2.45) is 0 Å². The maximum absolute atomic E-state index is 13.8. The molecule has 0 aromatic heterocycles. The molecule has 0 radical (unpaired) electrons. The van der Waals surface area contributed by atoms with Gasteiger partial charge < -0.3 is 5.11 Å². The molecule has 0 amide bonds. The Morgan fingerprint density at radius 1 is 1.09 bits per heavy atom. The molecule has 0 aliphatic rings. The Hall–Kier alpha value is -1.47. The summed E-state index contributed by atoms with van der Waals surface area (Å²) >= 11 is 5.59. The lowest BCUT2D eigenvalue weighted by atomic mass is 10.1. The van der Waals surface area contributed by atoms with Gasteiger partial charge in [0, 0.05) is 6.54 Å². The molecule has 0 atom stereocenters. The topological polar surface area (TPSA) is 66.4 Å². The number of nitrogens with one attached hydrogen (secondary N) is 1. The van der Waals surface area contributed by atoms with E-state index in [9.17, 15) is 12.8 Å². The molecule has 2 rings (SSSR count). The second-order valence-corrected chi connectivity index (χ2v) is 6.82. The van der Waals surface area contributed by atoms with Crippen molar-refractivity contribution in [3.63, 3.8) is 0 Å². The van der Waals surface area contributed by atoms with Crippen molar-refractivity contribution < 1.29 is 17.9 Å². The highest BCUT2D eigenvalue weighted by Gasteiger charge is 2.20. The Morgan fingerprint density at radius 3 is 2.36 bits per heavy atom. The molecule has 0 heterocycles. The van der Waals surface area contributed by atoms with Crippen LogP contribution in [0.3, 0.4) is 0 Å². The van der Waals surface area contributed by atoms with E-state index in [1.165, 1.54) is 18.2 Å². The van der Waals surface area contributed by atoms with E-state index in [-0.39, 0.29) is 18.2 Å². The van der Waals surface area contributed by atoms with Crippen molar-refractivity contribution >= 4 is 21.6 Å². The van der Waals surface area contributed by atoms with Gasteiger partial charge in [-0.2, -0.15) is 0 Å². The number of aliphatic hydroxyl groups is 1. The largest absolute Gasteiger partial charge is 0.392 e. The van der Waals surface area contributed by atoms with Gasteiger partial charge in [-0.15, -0.1) is 0 Å². The van der Waals surface area contributed by atoms with Gasteiger partial charge in [-0.1, -0.05) is 41.9 Å². The first kappa shape index (κ1) is 16.9. The second-order valence-electron chi connectivity index (χ2n) is 4.67. The van der Waals surface area contributed by atoms with Gasteiger partial charge in [0.05, 0.1) is 11.6 Å². The standard InChI is InChI=1S/C15H15ClFNO3S/c16-13-2-1-3-14(15(13)17)22(20,21)18-9-8-11-4-6-12(10-19)7-5-11/h1-7,18-19H,8-10H2. The zero-order valence-corrected chi connectivity index (χ0v) is 13.2. The minimum absolute atomic E-state index is 0.0407. The number of benzene rings is 2. The van der Waals surface area contributed by atoms with Crippen LogP contribution in [0.4, 0.5) is 4.39 Å². The first-order valence-corrected chi connectivity index (χ1v) is 8.42. The van der Waals surface area contributed by atoms with Crippen molar-refractivity contribution in [2.45, 2.75) is 17.9 Å². The van der Waals surface area contributed by atoms with Gasteiger partial charge in [0.15, 0.2) is 5.82 Å². The fourth-order valence-electron chi connectivity index (χ4n) is 1.91. The molecule has 0 spiro atoms. The van der Waals surface area contributed by atoms with Crippen molar-refractivity contribution in [1.82, 2.24) is 4.72 Å². The summed E-state index contributed by atoms with van der Waals surface area (Å²) in [6.07, 6.45) is 0.452. The second kappa shape index (κ2) is 7.19. The Balaban J connectivity index is 2.02. The molecule has 0 saturated heterocycles. The van der Waals surface area contributed by atoms with Crippen LogP contribution >= 0.6 is 11.6 Å². The third-order valence-electron chi connectivity index (χ3n) is 3.12. The summed E-state index contributed by atoms with van der Waals surface area (Å²) in [7, 11) is -3.95. The van der Waals surface area contributed by atoms with E-state index in [1.54, 1.807) is 24.3 Å². The number of sulfonamides is 1. The average Bonchev–Trinajstić information content (AvgIpc) is 2.50. The zero-order chi connectivity index (χ0) is 16.2. The molecule has 0 aliphatic carbocycles. The molecular formula is C15H15ClFNO3S. The Kier molecular flexibility index (Phi) is 5.52. The summed E-state index contributed by atoms with van der Waals surface area (Å²) < 4.78 is 40.2. The van der Waals surface area contributed by atoms with Crippen LogP contribution in [0.5, 0.6) is 0 Å². The summed E-state index contributed by atoms with van der Waals surface area (Å²) in [5, 5.41) is 8.71. The first-order valence-electron chi connectivity index (χ1n) is 6.56. The zero-order valence-electron chi connectivity index (χ0n) is 11.6. The van der Waals surface area contributed by atoms with E-state index in [1.807, 2.05) is 0 Å². The SMILES string of the molecule is O=S(=O)(NCCc1ccc(CO)cc1)c1cccc(Cl)c1F. The van der Waals surface area contributed by atoms with Crippen LogP contribution in [0.15, 0.2) is 47.4 Å². The number of hydrogen-bond acceptors (Lipinski definition) is 3. The fourth-order valence-corrected chi connectivity index (χ4v) is 3.27. The molecule has 2 aromatic carbocycles. The summed E-state index contributed by atoms with van der Waals surface area (Å²) in [6.45, 7) is 0.0910. The summed E-state index contributed by atoms with van der Waals surface area (Å²) in [6, 6.07) is 11.0. The highest BCUT2D eigenvalue weighted by molar-refractivity contribution is 7.89. The van der Waals surface area contributed by atoms with Crippen LogP contribution in [0.2, 0.25) is 5.02 Å². The Morgan fingerprint density at radius 2 is 1.73 bits per heavy atom. The van der Waals surface area contributed by atoms with Crippen LogP contribution < -0.4 is 4.72 Å². The van der Waals surface area contributed by atoms with E-state index >= 15 is 0 Å². The van der Waals surface area contributed by atoms with Crippen molar-refractivity contribution in [3.8, 4) is 0 Å². The van der Waals surface area contributed by atoms with Gasteiger partial charge in [-0.25, -0.2) is 17.5 Å². The van der Waals surface area contributed by atoms with Crippen molar-refractivity contribution in [3.05, 3.63) is 64.4 Å². The molecule has 0 bridgehead atoms. The molecule has 2 N–H and O–H groups in total. The number of halogens is 2. The van der Waals surface area contributed by atoms with Crippen LogP contribution in [0, 0.1) is 5.82 Å². The molecule has 0 saturated carbocycles. The predicted molar refractivity (Wildman–Crippen MR) is 82.7 cm³/mol. The maximum Gasteiger partial charge on any atom is 0.243 e. The number of aliphatic hydroxyl groups excluding tert-OH is 1. The van der Waals surface area contributed by atoms with E-state index in [2.05, 4.69) is 4.72 Å². The van der Waals surface area contributed by atoms with Crippen molar-refractivity contribution in [2.75, 3.05) is 6.54 Å². The lowest BCUT2D eigenvalue weighted by Crippen LogP contribution is -2.26. The van der Waals surface area contributed by atoms with Gasteiger partial charge in [0.2, 0.25) is 10.0 Å². The molecule has 4 nitrogen and oxygen atoms in total. The summed E-state index contributed by atoms with van der Waals surface area (Å²) in [4.78, 5) is -0.462. The lowest BCUT2D eigenvalue weighted by Gasteiger charge is -2.08. The van der Waals surface area contributed by atoms with E-state index in [0.717, 1.165) is 11.1 Å². The minimum atomic E-state index is -3.95. The smallest absolute Gasteiger partial charge is 0.243 e. The number of hydrogen-bond donors (Lipinski definition) is 2.